The lowest BCUT2D eigenvalue weighted by molar-refractivity contribution is 0.0343. The Kier molecular flexibility index (Phi) is 4.31. The molecular formula is C15H19FN2OS. The quantitative estimate of drug-likeness (QED) is 0.938. The summed E-state index contributed by atoms with van der Waals surface area (Å²) in [4.78, 5) is 3.58. The molecule has 3 rings (SSSR count). The summed E-state index contributed by atoms with van der Waals surface area (Å²) in [6, 6.07) is 5.35. The van der Waals surface area contributed by atoms with Crippen molar-refractivity contribution >= 4 is 21.4 Å². The van der Waals surface area contributed by atoms with Crippen molar-refractivity contribution in [1.29, 1.82) is 0 Å². The van der Waals surface area contributed by atoms with Crippen LogP contribution < -0.4 is 5.32 Å². The molecule has 5 heteroatoms. The molecule has 0 unspecified atom stereocenters. The molecule has 108 valence electrons. The second-order valence-electron chi connectivity index (χ2n) is 5.04. The number of fused-ring (bicyclic) bond motifs is 1. The van der Waals surface area contributed by atoms with Crippen molar-refractivity contribution in [3.63, 3.8) is 0 Å². The van der Waals surface area contributed by atoms with E-state index in [1.807, 2.05) is 13.1 Å². The van der Waals surface area contributed by atoms with E-state index in [-0.39, 0.29) is 5.82 Å². The first kappa shape index (κ1) is 13.9. The Morgan fingerprint density at radius 2 is 2.15 bits per heavy atom. The summed E-state index contributed by atoms with van der Waals surface area (Å²) < 4.78 is 20.6. The van der Waals surface area contributed by atoms with Gasteiger partial charge in [-0.2, -0.15) is 0 Å². The number of thiophene rings is 1. The zero-order valence-electron chi connectivity index (χ0n) is 11.6. The molecule has 1 aromatic heterocycles. The van der Waals surface area contributed by atoms with Crippen LogP contribution in [-0.2, 0) is 17.8 Å². The van der Waals surface area contributed by atoms with Crippen LogP contribution in [0.25, 0.3) is 10.1 Å². The third-order valence-corrected chi connectivity index (χ3v) is 4.87. The molecule has 0 radical (unpaired) electrons. The number of nitrogens with one attached hydrogen (secondary N) is 1. The number of nitrogens with zero attached hydrogens (tertiary/aromatic N) is 1. The number of hydrogen-bond acceptors (Lipinski definition) is 4. The maximum Gasteiger partial charge on any atom is 0.132 e. The predicted molar refractivity (Wildman–Crippen MR) is 80.6 cm³/mol. The SMILES string of the molecule is CNCc1sc2cccc(F)c2c1CN1CCOCC1. The monoisotopic (exact) mass is 294 g/mol. The number of ether oxygens (including phenoxy) is 1. The molecule has 20 heavy (non-hydrogen) atoms. The van der Waals surface area contributed by atoms with E-state index in [4.69, 9.17) is 4.74 Å². The van der Waals surface area contributed by atoms with Gasteiger partial charge < -0.3 is 10.1 Å². The van der Waals surface area contributed by atoms with Gasteiger partial charge in [0.05, 0.1) is 13.2 Å². The highest BCUT2D eigenvalue weighted by molar-refractivity contribution is 7.19. The highest BCUT2D eigenvalue weighted by Gasteiger charge is 2.19. The second-order valence-corrected chi connectivity index (χ2v) is 6.17. The van der Waals surface area contributed by atoms with Crippen LogP contribution in [0.3, 0.4) is 0 Å². The molecule has 1 aromatic carbocycles. The molecule has 0 saturated carbocycles. The Labute approximate surface area is 122 Å². The van der Waals surface area contributed by atoms with E-state index in [1.54, 1.807) is 23.5 Å². The van der Waals surface area contributed by atoms with Crippen molar-refractivity contribution in [2.75, 3.05) is 33.4 Å². The van der Waals surface area contributed by atoms with Crippen molar-refractivity contribution < 1.29 is 9.13 Å². The maximum atomic E-state index is 14.2. The van der Waals surface area contributed by atoms with Crippen molar-refractivity contribution in [2.45, 2.75) is 13.1 Å². The molecule has 1 aliphatic heterocycles. The number of benzene rings is 1. The lowest BCUT2D eigenvalue weighted by Crippen LogP contribution is -2.35. The number of rotatable bonds is 4. The van der Waals surface area contributed by atoms with Crippen LogP contribution in [-0.4, -0.2) is 38.3 Å². The van der Waals surface area contributed by atoms with Crippen molar-refractivity contribution in [3.8, 4) is 0 Å². The fourth-order valence-electron chi connectivity index (χ4n) is 2.67. The number of halogens is 1. The van der Waals surface area contributed by atoms with Gasteiger partial charge in [0.1, 0.15) is 5.82 Å². The Bertz CT molecular complexity index is 593. The van der Waals surface area contributed by atoms with Gasteiger partial charge in [-0.25, -0.2) is 4.39 Å². The first-order valence-corrected chi connectivity index (χ1v) is 7.74. The van der Waals surface area contributed by atoms with E-state index in [0.29, 0.717) is 0 Å². The van der Waals surface area contributed by atoms with Crippen LogP contribution in [0.5, 0.6) is 0 Å². The van der Waals surface area contributed by atoms with E-state index in [1.165, 1.54) is 4.88 Å². The summed E-state index contributed by atoms with van der Waals surface area (Å²) in [6.07, 6.45) is 0. The fourth-order valence-corrected chi connectivity index (χ4v) is 3.91. The molecule has 0 amide bonds. The molecule has 1 saturated heterocycles. The topological polar surface area (TPSA) is 24.5 Å². The van der Waals surface area contributed by atoms with Crippen LogP contribution in [0.4, 0.5) is 4.39 Å². The average Bonchev–Trinajstić information content (AvgIpc) is 2.80. The summed E-state index contributed by atoms with van der Waals surface area (Å²) in [5.74, 6) is -0.107. The summed E-state index contributed by atoms with van der Waals surface area (Å²) in [7, 11) is 1.93. The third-order valence-electron chi connectivity index (χ3n) is 3.67. The van der Waals surface area contributed by atoms with Gasteiger partial charge in [0.2, 0.25) is 0 Å². The molecule has 1 N–H and O–H groups in total. The highest BCUT2D eigenvalue weighted by Crippen LogP contribution is 2.34. The maximum absolute atomic E-state index is 14.2. The molecule has 0 bridgehead atoms. The van der Waals surface area contributed by atoms with E-state index in [2.05, 4.69) is 10.2 Å². The molecule has 0 aliphatic carbocycles. The molecule has 1 fully saturated rings. The molecule has 2 aromatic rings. The minimum absolute atomic E-state index is 0.107. The van der Waals surface area contributed by atoms with Crippen molar-refractivity contribution in [1.82, 2.24) is 10.2 Å². The Morgan fingerprint density at radius 1 is 1.35 bits per heavy atom. The lowest BCUT2D eigenvalue weighted by atomic mass is 10.1. The van der Waals surface area contributed by atoms with Gasteiger partial charge in [-0.05, 0) is 24.7 Å². The van der Waals surface area contributed by atoms with Crippen LogP contribution in [0.15, 0.2) is 18.2 Å². The molecule has 3 nitrogen and oxygen atoms in total. The standard InChI is InChI=1S/C15H19FN2OS/c1-17-9-14-11(10-18-5-7-19-8-6-18)15-12(16)3-2-4-13(15)20-14/h2-4,17H,5-10H2,1H3. The highest BCUT2D eigenvalue weighted by atomic mass is 32.1. The fraction of sp³-hybridized carbons (Fsp3) is 0.467. The lowest BCUT2D eigenvalue weighted by Gasteiger charge is -2.26. The third kappa shape index (κ3) is 2.72. The number of morpholine rings is 1. The van der Waals surface area contributed by atoms with Crippen molar-refractivity contribution in [3.05, 3.63) is 34.5 Å². The van der Waals surface area contributed by atoms with Crippen LogP contribution >= 0.6 is 11.3 Å². The summed E-state index contributed by atoms with van der Waals surface area (Å²) >= 11 is 1.69. The van der Waals surface area contributed by atoms with Gasteiger partial charge in [0.25, 0.3) is 0 Å². The molecule has 0 spiro atoms. The van der Waals surface area contributed by atoms with Crippen LogP contribution in [0.2, 0.25) is 0 Å². The Balaban J connectivity index is 1.98. The normalized spacial score (nSPS) is 16.9. The Morgan fingerprint density at radius 3 is 2.90 bits per heavy atom. The Hall–Kier alpha value is -1.01. The molecular weight excluding hydrogens is 275 g/mol. The minimum atomic E-state index is -0.107. The zero-order chi connectivity index (χ0) is 13.9. The van der Waals surface area contributed by atoms with Gasteiger partial charge in [-0.15, -0.1) is 11.3 Å². The van der Waals surface area contributed by atoms with Crippen LogP contribution in [0.1, 0.15) is 10.4 Å². The zero-order valence-corrected chi connectivity index (χ0v) is 12.4. The molecule has 2 heterocycles. The van der Waals surface area contributed by atoms with Crippen LogP contribution in [0, 0.1) is 5.82 Å². The van der Waals surface area contributed by atoms with E-state index in [0.717, 1.165) is 55.0 Å². The van der Waals surface area contributed by atoms with Gasteiger partial charge in [0, 0.05) is 41.1 Å². The molecule has 1 aliphatic rings. The largest absolute Gasteiger partial charge is 0.379 e. The first-order chi connectivity index (χ1) is 9.79. The van der Waals surface area contributed by atoms with E-state index >= 15 is 0 Å². The van der Waals surface area contributed by atoms with E-state index < -0.39 is 0 Å². The first-order valence-electron chi connectivity index (χ1n) is 6.93. The smallest absolute Gasteiger partial charge is 0.132 e. The minimum Gasteiger partial charge on any atom is -0.379 e. The van der Waals surface area contributed by atoms with Crippen molar-refractivity contribution in [2.24, 2.45) is 0 Å². The van der Waals surface area contributed by atoms with E-state index in [9.17, 15) is 4.39 Å². The average molecular weight is 294 g/mol. The summed E-state index contributed by atoms with van der Waals surface area (Å²) in [5.41, 5.74) is 1.14. The van der Waals surface area contributed by atoms with Gasteiger partial charge in [-0.1, -0.05) is 6.07 Å². The van der Waals surface area contributed by atoms with Gasteiger partial charge >= 0.3 is 0 Å². The van der Waals surface area contributed by atoms with Gasteiger partial charge in [0.15, 0.2) is 0 Å². The summed E-state index contributed by atoms with van der Waals surface area (Å²) in [5, 5.41) is 3.99. The second kappa shape index (κ2) is 6.18. The summed E-state index contributed by atoms with van der Waals surface area (Å²) in [6.45, 7) is 4.98. The predicted octanol–water partition coefficient (Wildman–Crippen LogP) is 2.59. The number of hydrogen-bond donors (Lipinski definition) is 1. The van der Waals surface area contributed by atoms with Gasteiger partial charge in [-0.3, -0.25) is 4.90 Å². The molecule has 0 atom stereocenters.